The molecule has 0 aromatic rings. The first-order valence-electron chi connectivity index (χ1n) is 7.19. The third-order valence-electron chi connectivity index (χ3n) is 3.66. The van der Waals surface area contributed by atoms with Gasteiger partial charge in [-0.2, -0.15) is 0 Å². The van der Waals surface area contributed by atoms with Crippen LogP contribution in [0.2, 0.25) is 0 Å². The summed E-state index contributed by atoms with van der Waals surface area (Å²) in [6, 6.07) is 0. The summed E-state index contributed by atoms with van der Waals surface area (Å²) in [4.78, 5) is 13.9. The third-order valence-corrected chi connectivity index (χ3v) is 3.66. The molecule has 106 valence electrons. The maximum atomic E-state index is 12.2. The van der Waals surface area contributed by atoms with E-state index in [0.29, 0.717) is 25.9 Å². The Morgan fingerprint density at radius 2 is 1.94 bits per heavy atom. The molecule has 1 heterocycles. The first-order valence-corrected chi connectivity index (χ1v) is 7.19. The maximum absolute atomic E-state index is 12.2. The second-order valence-electron chi connectivity index (χ2n) is 5.54. The van der Waals surface area contributed by atoms with Gasteiger partial charge in [-0.15, -0.1) is 0 Å². The van der Waals surface area contributed by atoms with Crippen LogP contribution in [0.1, 0.15) is 58.8 Å². The second-order valence-corrected chi connectivity index (χ2v) is 5.54. The molecule has 0 bridgehead atoms. The van der Waals surface area contributed by atoms with Crippen LogP contribution in [0.3, 0.4) is 0 Å². The zero-order chi connectivity index (χ0) is 13.6. The summed E-state index contributed by atoms with van der Waals surface area (Å²) in [7, 11) is 0. The van der Waals surface area contributed by atoms with Gasteiger partial charge in [0.25, 0.3) is 0 Å². The lowest BCUT2D eigenvalue weighted by Crippen LogP contribution is -2.45. The lowest BCUT2D eigenvalue weighted by Gasteiger charge is -2.34. The summed E-state index contributed by atoms with van der Waals surface area (Å²) in [6.07, 6.45) is 4.53. The van der Waals surface area contributed by atoms with Crippen molar-refractivity contribution >= 4 is 5.91 Å². The van der Waals surface area contributed by atoms with Crippen molar-refractivity contribution in [1.82, 2.24) is 4.90 Å². The van der Waals surface area contributed by atoms with E-state index in [-0.39, 0.29) is 12.3 Å². The Labute approximate surface area is 110 Å². The van der Waals surface area contributed by atoms with Crippen LogP contribution in [0, 0.1) is 0 Å². The number of rotatable bonds is 6. The van der Waals surface area contributed by atoms with Crippen LogP contribution in [0.25, 0.3) is 0 Å². The van der Waals surface area contributed by atoms with E-state index in [0.717, 1.165) is 25.7 Å². The van der Waals surface area contributed by atoms with E-state index in [4.69, 9.17) is 0 Å². The fourth-order valence-electron chi connectivity index (χ4n) is 2.81. The molecule has 0 saturated carbocycles. The minimum Gasteiger partial charge on any atom is -0.391 e. The Bertz CT molecular complexity index is 262. The second kappa shape index (κ2) is 7.10. The molecule has 1 saturated heterocycles. The summed E-state index contributed by atoms with van der Waals surface area (Å²) in [5, 5.41) is 20.0. The van der Waals surface area contributed by atoms with Crippen LogP contribution < -0.4 is 0 Å². The molecule has 18 heavy (non-hydrogen) atoms. The molecule has 1 unspecified atom stereocenters. The van der Waals surface area contributed by atoms with Gasteiger partial charge in [0.1, 0.15) is 0 Å². The SMILES string of the molecule is CCCC(O)(CCC)CC(=O)N1CCCC(O)C1. The van der Waals surface area contributed by atoms with Gasteiger partial charge in [0.05, 0.1) is 18.1 Å². The zero-order valence-electron chi connectivity index (χ0n) is 11.7. The Kier molecular flexibility index (Phi) is 6.09. The number of amides is 1. The standard InChI is InChI=1S/C14H27NO3/c1-3-7-14(18,8-4-2)10-13(17)15-9-5-6-12(16)11-15/h12,16,18H,3-11H2,1-2H3. The van der Waals surface area contributed by atoms with E-state index < -0.39 is 11.7 Å². The quantitative estimate of drug-likeness (QED) is 0.761. The first-order chi connectivity index (χ1) is 8.50. The third kappa shape index (κ3) is 4.58. The Balaban J connectivity index is 2.54. The highest BCUT2D eigenvalue weighted by Gasteiger charge is 2.31. The molecule has 0 spiro atoms. The minimum atomic E-state index is -0.858. The Morgan fingerprint density at radius 1 is 1.33 bits per heavy atom. The summed E-state index contributed by atoms with van der Waals surface area (Å²) < 4.78 is 0. The molecule has 4 nitrogen and oxygen atoms in total. The average Bonchev–Trinajstić information content (AvgIpc) is 2.29. The number of carbonyl (C=O) groups excluding carboxylic acids is 1. The topological polar surface area (TPSA) is 60.8 Å². The van der Waals surface area contributed by atoms with Gasteiger partial charge in [0, 0.05) is 13.1 Å². The highest BCUT2D eigenvalue weighted by Crippen LogP contribution is 2.25. The van der Waals surface area contributed by atoms with Crippen molar-refractivity contribution in [2.24, 2.45) is 0 Å². The van der Waals surface area contributed by atoms with Crippen LogP contribution in [-0.2, 0) is 4.79 Å². The predicted octanol–water partition coefficient (Wildman–Crippen LogP) is 1.69. The van der Waals surface area contributed by atoms with Gasteiger partial charge >= 0.3 is 0 Å². The normalized spacial score (nSPS) is 21.1. The molecule has 0 aliphatic carbocycles. The van der Waals surface area contributed by atoms with Crippen LogP contribution >= 0.6 is 0 Å². The largest absolute Gasteiger partial charge is 0.391 e. The molecule has 0 radical (unpaired) electrons. The van der Waals surface area contributed by atoms with E-state index >= 15 is 0 Å². The molecule has 0 aromatic heterocycles. The van der Waals surface area contributed by atoms with Crippen molar-refractivity contribution in [2.45, 2.75) is 70.5 Å². The van der Waals surface area contributed by atoms with Crippen LogP contribution in [0.5, 0.6) is 0 Å². The Morgan fingerprint density at radius 3 is 2.44 bits per heavy atom. The maximum Gasteiger partial charge on any atom is 0.225 e. The van der Waals surface area contributed by atoms with Gasteiger partial charge in [0.2, 0.25) is 5.91 Å². The smallest absolute Gasteiger partial charge is 0.225 e. The van der Waals surface area contributed by atoms with Gasteiger partial charge in [0.15, 0.2) is 0 Å². The van der Waals surface area contributed by atoms with Crippen molar-refractivity contribution in [2.75, 3.05) is 13.1 Å². The van der Waals surface area contributed by atoms with Crippen LogP contribution in [0.15, 0.2) is 0 Å². The molecule has 1 rings (SSSR count). The van der Waals surface area contributed by atoms with Crippen LogP contribution in [-0.4, -0.2) is 45.8 Å². The first kappa shape index (κ1) is 15.4. The molecular formula is C14H27NO3. The fourth-order valence-corrected chi connectivity index (χ4v) is 2.81. The van der Waals surface area contributed by atoms with Gasteiger partial charge in [-0.05, 0) is 25.7 Å². The molecular weight excluding hydrogens is 230 g/mol. The molecule has 1 fully saturated rings. The van der Waals surface area contributed by atoms with Crippen molar-refractivity contribution in [3.05, 3.63) is 0 Å². The number of likely N-dealkylation sites (tertiary alicyclic amines) is 1. The van der Waals surface area contributed by atoms with E-state index in [1.54, 1.807) is 4.90 Å². The van der Waals surface area contributed by atoms with E-state index in [9.17, 15) is 15.0 Å². The lowest BCUT2D eigenvalue weighted by atomic mass is 9.88. The molecule has 1 amide bonds. The lowest BCUT2D eigenvalue weighted by molar-refractivity contribution is -0.140. The monoisotopic (exact) mass is 257 g/mol. The van der Waals surface area contributed by atoms with Crippen molar-refractivity contribution in [3.63, 3.8) is 0 Å². The number of carbonyl (C=O) groups is 1. The fraction of sp³-hybridized carbons (Fsp3) is 0.929. The Hall–Kier alpha value is -0.610. The predicted molar refractivity (Wildman–Crippen MR) is 71.2 cm³/mol. The number of hydrogen-bond acceptors (Lipinski definition) is 3. The number of β-amino-alcohol motifs (C(OH)–C–C–N with tert-alkyl or cyclic N) is 1. The number of hydrogen-bond donors (Lipinski definition) is 2. The van der Waals surface area contributed by atoms with E-state index in [1.165, 1.54) is 0 Å². The highest BCUT2D eigenvalue weighted by molar-refractivity contribution is 5.77. The molecule has 0 aromatic carbocycles. The highest BCUT2D eigenvalue weighted by atomic mass is 16.3. The summed E-state index contributed by atoms with van der Waals surface area (Å²) in [5.74, 6) is -0.0156. The van der Waals surface area contributed by atoms with Crippen molar-refractivity contribution in [3.8, 4) is 0 Å². The molecule has 2 N–H and O–H groups in total. The zero-order valence-corrected chi connectivity index (χ0v) is 11.7. The van der Waals surface area contributed by atoms with E-state index in [1.807, 2.05) is 13.8 Å². The summed E-state index contributed by atoms with van der Waals surface area (Å²) in [6.45, 7) is 5.18. The minimum absolute atomic E-state index is 0.0156. The average molecular weight is 257 g/mol. The van der Waals surface area contributed by atoms with Crippen molar-refractivity contribution in [1.29, 1.82) is 0 Å². The van der Waals surface area contributed by atoms with Crippen LogP contribution in [0.4, 0.5) is 0 Å². The molecule has 4 heteroatoms. The van der Waals surface area contributed by atoms with Gasteiger partial charge in [-0.1, -0.05) is 26.7 Å². The number of aliphatic hydroxyl groups excluding tert-OH is 1. The summed E-state index contributed by atoms with van der Waals surface area (Å²) >= 11 is 0. The number of piperidine rings is 1. The molecule has 1 aliphatic rings. The summed E-state index contributed by atoms with van der Waals surface area (Å²) in [5.41, 5.74) is -0.858. The number of aliphatic hydroxyl groups is 2. The van der Waals surface area contributed by atoms with Gasteiger partial charge in [-0.3, -0.25) is 4.79 Å². The molecule has 1 atom stereocenters. The van der Waals surface area contributed by atoms with Gasteiger partial charge in [-0.25, -0.2) is 0 Å². The number of nitrogens with zero attached hydrogens (tertiary/aromatic N) is 1. The van der Waals surface area contributed by atoms with Gasteiger partial charge < -0.3 is 15.1 Å². The van der Waals surface area contributed by atoms with E-state index in [2.05, 4.69) is 0 Å². The molecule has 1 aliphatic heterocycles. The van der Waals surface area contributed by atoms with Crippen molar-refractivity contribution < 1.29 is 15.0 Å².